The number of aromatic nitrogens is 6. The van der Waals surface area contributed by atoms with Crippen molar-refractivity contribution in [3.8, 4) is 5.75 Å². The quantitative estimate of drug-likeness (QED) is 0.223. The van der Waals surface area contributed by atoms with Gasteiger partial charge in [-0.15, -0.1) is 10.2 Å². The van der Waals surface area contributed by atoms with E-state index in [9.17, 15) is 0 Å². The van der Waals surface area contributed by atoms with Gasteiger partial charge < -0.3 is 36.2 Å². The Labute approximate surface area is 289 Å². The average molecular weight is 716 g/mol. The zero-order valence-corrected chi connectivity index (χ0v) is 30.5. The third-order valence-electron chi connectivity index (χ3n) is 9.42. The van der Waals surface area contributed by atoms with Crippen molar-refractivity contribution in [2.45, 2.75) is 51.1 Å². The molecule has 0 atom stereocenters. The van der Waals surface area contributed by atoms with Crippen LogP contribution in [0.1, 0.15) is 24.2 Å². The highest BCUT2D eigenvalue weighted by Crippen LogP contribution is 2.30. The third kappa shape index (κ3) is 9.12. The molecule has 0 unspecified atom stereocenters. The minimum Gasteiger partial charge on any atom is -0.495 e. The number of benzene rings is 1. The first-order valence-electron chi connectivity index (χ1n) is 17.5. The summed E-state index contributed by atoms with van der Waals surface area (Å²) in [6.45, 7) is 12.0. The van der Waals surface area contributed by atoms with Gasteiger partial charge in [-0.2, -0.15) is 0 Å². The van der Waals surface area contributed by atoms with E-state index in [1.54, 1.807) is 7.11 Å². The molecule has 2 aromatic heterocycles. The van der Waals surface area contributed by atoms with Gasteiger partial charge in [0, 0.05) is 64.4 Å². The SMILES string of the molecule is COc1ccccc1N(Cc1cn(CCC[Si]23OCCN(CCO2)CCO3)nn1)Cc1cn(CCC[Si]23OCCN(CCO2)CCO3)nn1. The summed E-state index contributed by atoms with van der Waals surface area (Å²) in [5.41, 5.74) is 2.64. The van der Waals surface area contributed by atoms with E-state index in [-0.39, 0.29) is 0 Å². The van der Waals surface area contributed by atoms with Gasteiger partial charge in [0.05, 0.1) is 77.9 Å². The van der Waals surface area contributed by atoms with Crippen LogP contribution in [0.25, 0.3) is 0 Å². The summed E-state index contributed by atoms with van der Waals surface area (Å²) in [5, 5.41) is 17.9. The molecule has 49 heavy (non-hydrogen) atoms. The van der Waals surface area contributed by atoms with Crippen molar-refractivity contribution in [3.63, 3.8) is 0 Å². The van der Waals surface area contributed by atoms with Crippen LogP contribution in [0.4, 0.5) is 5.69 Å². The van der Waals surface area contributed by atoms with Crippen molar-refractivity contribution in [2.75, 3.05) is 90.9 Å². The fourth-order valence-electron chi connectivity index (χ4n) is 6.80. The van der Waals surface area contributed by atoms with Gasteiger partial charge >= 0.3 is 17.6 Å². The van der Waals surface area contributed by atoms with Crippen molar-refractivity contribution < 1.29 is 31.3 Å². The second-order valence-corrected chi connectivity index (χ2v) is 18.3. The van der Waals surface area contributed by atoms with Crippen LogP contribution >= 0.6 is 0 Å². The molecule has 16 nitrogen and oxygen atoms in total. The fourth-order valence-corrected chi connectivity index (χ4v) is 11.8. The van der Waals surface area contributed by atoms with Gasteiger partial charge in [0.2, 0.25) is 0 Å². The highest BCUT2D eigenvalue weighted by molar-refractivity contribution is 6.61. The van der Waals surface area contributed by atoms with Gasteiger partial charge in [0.1, 0.15) is 17.1 Å². The van der Waals surface area contributed by atoms with Gasteiger partial charge in [0.25, 0.3) is 0 Å². The second-order valence-electron chi connectivity index (χ2n) is 12.8. The molecule has 268 valence electrons. The molecule has 9 rings (SSSR count). The van der Waals surface area contributed by atoms with E-state index in [0.717, 1.165) is 87.0 Å². The number of aryl methyl sites for hydroxylation is 2. The van der Waals surface area contributed by atoms with Gasteiger partial charge in [-0.1, -0.05) is 22.6 Å². The van der Waals surface area contributed by atoms with Crippen LogP contribution in [-0.2, 0) is 52.7 Å². The Kier molecular flexibility index (Phi) is 11.7. The number of para-hydroxylation sites is 2. The van der Waals surface area contributed by atoms with Crippen molar-refractivity contribution in [2.24, 2.45) is 0 Å². The van der Waals surface area contributed by atoms with Crippen LogP contribution in [0.5, 0.6) is 5.75 Å². The van der Waals surface area contributed by atoms with Gasteiger partial charge in [0.15, 0.2) is 0 Å². The molecular weight excluding hydrogens is 667 g/mol. The summed E-state index contributed by atoms with van der Waals surface area (Å²) >= 11 is 0. The summed E-state index contributed by atoms with van der Waals surface area (Å²) in [7, 11) is -3.65. The predicted octanol–water partition coefficient (Wildman–Crippen LogP) is 1.50. The van der Waals surface area contributed by atoms with Gasteiger partial charge in [-0.25, -0.2) is 0 Å². The Morgan fingerprint density at radius 2 is 1.08 bits per heavy atom. The van der Waals surface area contributed by atoms with E-state index in [4.69, 9.17) is 31.3 Å². The average Bonchev–Trinajstić information content (AvgIpc) is 3.70. The normalized spacial score (nSPS) is 27.4. The molecule has 0 aliphatic carbocycles. The Bertz CT molecular complexity index is 1340. The highest BCUT2D eigenvalue weighted by atomic mass is 28.4. The van der Waals surface area contributed by atoms with Gasteiger partial charge in [-0.05, 0) is 25.0 Å². The number of methoxy groups -OCH3 is 1. The molecular formula is C31H49N9O7Si2. The Morgan fingerprint density at radius 1 is 0.653 bits per heavy atom. The topological polar surface area (TPSA) is 136 Å². The van der Waals surface area contributed by atoms with Crippen LogP contribution in [0.2, 0.25) is 12.1 Å². The molecule has 18 heteroatoms. The minimum absolute atomic E-state index is 0.523. The van der Waals surface area contributed by atoms with E-state index >= 15 is 0 Å². The summed E-state index contributed by atoms with van der Waals surface area (Å²) in [4.78, 5) is 6.86. The lowest BCUT2D eigenvalue weighted by Gasteiger charge is -2.38. The molecule has 6 saturated heterocycles. The number of hydrogen-bond acceptors (Lipinski definition) is 14. The molecule has 6 fully saturated rings. The van der Waals surface area contributed by atoms with E-state index in [1.807, 2.05) is 46.0 Å². The van der Waals surface area contributed by atoms with Crippen LogP contribution in [0.3, 0.4) is 0 Å². The molecule has 6 aliphatic heterocycles. The summed E-state index contributed by atoms with van der Waals surface area (Å²) < 4.78 is 46.7. The maximum atomic E-state index is 6.20. The summed E-state index contributed by atoms with van der Waals surface area (Å²) in [6, 6.07) is 9.52. The maximum Gasteiger partial charge on any atom is 0.501 e. The van der Waals surface area contributed by atoms with Crippen molar-refractivity contribution in [1.29, 1.82) is 0 Å². The molecule has 8 heterocycles. The summed E-state index contributed by atoms with van der Waals surface area (Å²) in [6.07, 6.45) is 5.69. The lowest BCUT2D eigenvalue weighted by Crippen LogP contribution is -2.55. The third-order valence-corrected chi connectivity index (χ3v) is 15.2. The van der Waals surface area contributed by atoms with Gasteiger partial charge in [-0.3, -0.25) is 19.2 Å². The van der Waals surface area contributed by atoms with Crippen LogP contribution in [-0.4, -0.2) is 143 Å². The molecule has 1 aromatic carbocycles. The van der Waals surface area contributed by atoms with Crippen LogP contribution in [0.15, 0.2) is 36.7 Å². The fraction of sp³-hybridized carbons (Fsp3) is 0.677. The number of rotatable bonds is 14. The maximum absolute atomic E-state index is 6.20. The summed E-state index contributed by atoms with van der Waals surface area (Å²) in [5.74, 6) is 0.777. The lowest BCUT2D eigenvalue weighted by molar-refractivity contribution is -0.00919. The van der Waals surface area contributed by atoms with Crippen LogP contribution < -0.4 is 9.64 Å². The van der Waals surface area contributed by atoms with Crippen molar-refractivity contribution >= 4 is 23.3 Å². The first kappa shape index (κ1) is 34.7. The zero-order chi connectivity index (χ0) is 33.4. The van der Waals surface area contributed by atoms with E-state index in [1.165, 1.54) is 0 Å². The molecule has 4 bridgehead atoms. The first-order chi connectivity index (χ1) is 24.1. The Balaban J connectivity index is 0.960. The molecule has 6 aliphatic rings. The number of anilines is 1. The lowest BCUT2D eigenvalue weighted by atomic mass is 10.2. The van der Waals surface area contributed by atoms with E-state index in [0.29, 0.717) is 65.8 Å². The molecule has 0 spiro atoms. The number of hydrogen-bond donors (Lipinski definition) is 0. The van der Waals surface area contributed by atoms with Crippen molar-refractivity contribution in [3.05, 3.63) is 48.0 Å². The van der Waals surface area contributed by atoms with Crippen LogP contribution in [0, 0.1) is 0 Å². The molecule has 0 radical (unpaired) electrons. The van der Waals surface area contributed by atoms with E-state index in [2.05, 4.69) is 35.3 Å². The second kappa shape index (κ2) is 16.5. The largest absolute Gasteiger partial charge is 0.501 e. The number of nitrogens with zero attached hydrogens (tertiary/aromatic N) is 9. The molecule has 0 N–H and O–H groups in total. The number of ether oxygens (including phenoxy) is 1. The number of fused-ring (bicyclic) bond motifs is 12. The molecule has 0 amide bonds. The predicted molar refractivity (Wildman–Crippen MR) is 182 cm³/mol. The van der Waals surface area contributed by atoms with E-state index < -0.39 is 17.6 Å². The molecule has 0 saturated carbocycles. The van der Waals surface area contributed by atoms with Crippen molar-refractivity contribution in [1.82, 2.24) is 39.8 Å². The standard InChI is InChI=1S/C31H49N9O7Si2/c1-41-31-7-3-2-6-30(31)38(24-28-26-39(34-32-28)8-4-22-48-42-16-10-36(11-17-43-48)12-18-44-48)25-29-27-40(35-33-29)9-5-23-49-45-19-13-37(14-20-46-49)15-21-47-49/h2-3,6-7,26-27H,4-5,8-25H2,1H3. The molecule has 3 aromatic rings. The minimum atomic E-state index is -2.67. The Hall–Kier alpha value is -2.79. The highest BCUT2D eigenvalue weighted by Gasteiger charge is 2.44. The first-order valence-corrected chi connectivity index (χ1v) is 21.4. The zero-order valence-electron chi connectivity index (χ0n) is 28.5. The smallest absolute Gasteiger partial charge is 0.495 e. The Morgan fingerprint density at radius 3 is 1.51 bits per heavy atom. The monoisotopic (exact) mass is 715 g/mol.